The van der Waals surface area contributed by atoms with Crippen molar-refractivity contribution in [1.82, 2.24) is 4.90 Å². The zero-order valence-electron chi connectivity index (χ0n) is 13.8. The first-order valence-corrected chi connectivity index (χ1v) is 8.17. The van der Waals surface area contributed by atoms with Gasteiger partial charge in [0.15, 0.2) is 6.61 Å². The highest BCUT2D eigenvalue weighted by Gasteiger charge is 2.15. The van der Waals surface area contributed by atoms with Gasteiger partial charge in [0.2, 0.25) is 0 Å². The van der Waals surface area contributed by atoms with Gasteiger partial charge in [-0.15, -0.1) is 0 Å². The molecule has 126 valence electrons. The molecule has 0 heterocycles. The van der Waals surface area contributed by atoms with Gasteiger partial charge in [-0.2, -0.15) is 0 Å². The molecule has 0 atom stereocenters. The molecule has 6 heteroatoms. The van der Waals surface area contributed by atoms with Crippen LogP contribution in [0.15, 0.2) is 46.9 Å². The van der Waals surface area contributed by atoms with E-state index < -0.39 is 0 Å². The molecule has 2 rings (SSSR count). The van der Waals surface area contributed by atoms with E-state index in [0.717, 1.165) is 10.0 Å². The smallest absolute Gasteiger partial charge is 0.262 e. The lowest BCUT2D eigenvalue weighted by Gasteiger charge is -2.15. The molecule has 0 bridgehead atoms. The molecule has 0 aliphatic carbocycles. The van der Waals surface area contributed by atoms with Crippen LogP contribution in [-0.2, 0) is 4.79 Å². The van der Waals surface area contributed by atoms with Crippen molar-refractivity contribution in [1.29, 1.82) is 0 Å². The predicted octanol–water partition coefficient (Wildman–Crippen LogP) is 3.48. The second kappa shape index (κ2) is 7.97. The monoisotopic (exact) mass is 390 g/mol. The molecule has 2 aromatic rings. The average Bonchev–Trinajstić information content (AvgIpc) is 2.53. The lowest BCUT2D eigenvalue weighted by molar-refractivity contribution is -0.118. The van der Waals surface area contributed by atoms with Crippen molar-refractivity contribution in [2.24, 2.45) is 0 Å². The minimum absolute atomic E-state index is 0.132. The molecule has 0 saturated carbocycles. The fraction of sp³-hybridized carbons (Fsp3) is 0.222. The van der Waals surface area contributed by atoms with Crippen molar-refractivity contribution in [3.63, 3.8) is 0 Å². The van der Waals surface area contributed by atoms with Crippen molar-refractivity contribution in [2.75, 3.05) is 26.0 Å². The molecule has 2 amide bonds. The Balaban J connectivity index is 2.04. The molecule has 1 N–H and O–H groups in total. The Labute approximate surface area is 149 Å². The third kappa shape index (κ3) is 4.58. The predicted molar refractivity (Wildman–Crippen MR) is 97.5 cm³/mol. The van der Waals surface area contributed by atoms with Gasteiger partial charge in [0.05, 0.1) is 11.3 Å². The molecule has 0 aliphatic rings. The number of hydrogen-bond acceptors (Lipinski definition) is 3. The largest absolute Gasteiger partial charge is 0.483 e. The number of rotatable bonds is 5. The second-order valence-electron chi connectivity index (χ2n) is 5.49. The van der Waals surface area contributed by atoms with Crippen LogP contribution in [0.3, 0.4) is 0 Å². The molecule has 0 fully saturated rings. The Kier molecular flexibility index (Phi) is 5.98. The summed E-state index contributed by atoms with van der Waals surface area (Å²) >= 11 is 3.38. The van der Waals surface area contributed by atoms with Gasteiger partial charge < -0.3 is 15.0 Å². The highest BCUT2D eigenvalue weighted by Crippen LogP contribution is 2.22. The SMILES string of the molecule is Cc1cc(Br)ccc1OCC(=O)Nc1ccccc1C(=O)N(C)C. The van der Waals surface area contributed by atoms with Crippen molar-refractivity contribution in [3.8, 4) is 5.75 Å². The number of hydrogen-bond donors (Lipinski definition) is 1. The number of para-hydroxylation sites is 1. The molecular formula is C18H19BrN2O3. The lowest BCUT2D eigenvalue weighted by atomic mass is 10.1. The van der Waals surface area contributed by atoms with E-state index >= 15 is 0 Å². The van der Waals surface area contributed by atoms with E-state index in [1.807, 2.05) is 19.1 Å². The number of aryl methyl sites for hydroxylation is 1. The number of anilines is 1. The van der Waals surface area contributed by atoms with Crippen LogP contribution in [0.5, 0.6) is 5.75 Å². The van der Waals surface area contributed by atoms with Crippen molar-refractivity contribution in [2.45, 2.75) is 6.92 Å². The Morgan fingerprint density at radius 1 is 1.17 bits per heavy atom. The molecule has 0 unspecified atom stereocenters. The first kappa shape index (κ1) is 18.0. The van der Waals surface area contributed by atoms with E-state index in [0.29, 0.717) is 17.0 Å². The quantitative estimate of drug-likeness (QED) is 0.849. The van der Waals surface area contributed by atoms with Crippen LogP contribution in [0.2, 0.25) is 0 Å². The van der Waals surface area contributed by atoms with Crippen LogP contribution in [0, 0.1) is 6.92 Å². The van der Waals surface area contributed by atoms with Gasteiger partial charge in [-0.1, -0.05) is 28.1 Å². The number of carbonyl (C=O) groups is 2. The Morgan fingerprint density at radius 3 is 2.54 bits per heavy atom. The minimum Gasteiger partial charge on any atom is -0.483 e. The average molecular weight is 391 g/mol. The molecular weight excluding hydrogens is 372 g/mol. The van der Waals surface area contributed by atoms with Gasteiger partial charge in [0, 0.05) is 18.6 Å². The number of amides is 2. The van der Waals surface area contributed by atoms with Crippen molar-refractivity contribution in [3.05, 3.63) is 58.1 Å². The summed E-state index contributed by atoms with van der Waals surface area (Å²) in [4.78, 5) is 25.7. The summed E-state index contributed by atoms with van der Waals surface area (Å²) in [7, 11) is 3.33. The van der Waals surface area contributed by atoms with Gasteiger partial charge >= 0.3 is 0 Å². The van der Waals surface area contributed by atoms with Crippen LogP contribution >= 0.6 is 15.9 Å². The maximum Gasteiger partial charge on any atom is 0.262 e. The zero-order chi connectivity index (χ0) is 17.7. The highest BCUT2D eigenvalue weighted by molar-refractivity contribution is 9.10. The van der Waals surface area contributed by atoms with E-state index in [9.17, 15) is 9.59 Å². The third-order valence-electron chi connectivity index (χ3n) is 3.33. The van der Waals surface area contributed by atoms with Crippen LogP contribution < -0.4 is 10.1 Å². The molecule has 0 spiro atoms. The van der Waals surface area contributed by atoms with E-state index in [4.69, 9.17) is 4.74 Å². The molecule has 2 aromatic carbocycles. The Morgan fingerprint density at radius 2 is 1.88 bits per heavy atom. The molecule has 0 saturated heterocycles. The van der Waals surface area contributed by atoms with Crippen LogP contribution in [-0.4, -0.2) is 37.4 Å². The summed E-state index contributed by atoms with van der Waals surface area (Å²) in [5, 5.41) is 2.73. The molecule has 0 radical (unpaired) electrons. The summed E-state index contributed by atoms with van der Waals surface area (Å²) in [5.74, 6) is 0.151. The highest BCUT2D eigenvalue weighted by atomic mass is 79.9. The number of nitrogens with zero attached hydrogens (tertiary/aromatic N) is 1. The second-order valence-corrected chi connectivity index (χ2v) is 6.41. The fourth-order valence-corrected chi connectivity index (χ4v) is 2.60. The number of carbonyl (C=O) groups excluding carboxylic acids is 2. The molecule has 0 aliphatic heterocycles. The number of nitrogens with one attached hydrogen (secondary N) is 1. The maximum absolute atomic E-state index is 12.1. The number of halogens is 1. The molecule has 0 aromatic heterocycles. The Bertz CT molecular complexity index is 760. The molecule has 5 nitrogen and oxygen atoms in total. The summed E-state index contributed by atoms with van der Waals surface area (Å²) in [6, 6.07) is 12.5. The first-order chi connectivity index (χ1) is 11.4. The van der Waals surface area contributed by atoms with E-state index in [-0.39, 0.29) is 18.4 Å². The standard InChI is InChI=1S/C18H19BrN2O3/c1-12-10-13(19)8-9-16(12)24-11-17(22)20-15-7-5-4-6-14(15)18(23)21(2)3/h4-10H,11H2,1-3H3,(H,20,22). The van der Waals surface area contributed by atoms with Gasteiger partial charge in [-0.3, -0.25) is 9.59 Å². The Hall–Kier alpha value is -2.34. The third-order valence-corrected chi connectivity index (χ3v) is 3.83. The topological polar surface area (TPSA) is 58.6 Å². The van der Waals surface area contributed by atoms with Gasteiger partial charge in [-0.05, 0) is 42.8 Å². The molecule has 24 heavy (non-hydrogen) atoms. The summed E-state index contributed by atoms with van der Waals surface area (Å²) in [6.45, 7) is 1.77. The fourth-order valence-electron chi connectivity index (χ4n) is 2.12. The zero-order valence-corrected chi connectivity index (χ0v) is 15.4. The number of benzene rings is 2. The van der Waals surface area contributed by atoms with Crippen molar-refractivity contribution >= 4 is 33.4 Å². The lowest BCUT2D eigenvalue weighted by Crippen LogP contribution is -2.25. The van der Waals surface area contributed by atoms with E-state index in [1.54, 1.807) is 44.4 Å². The normalized spacial score (nSPS) is 10.2. The summed E-state index contributed by atoms with van der Waals surface area (Å²) in [5.41, 5.74) is 1.84. The van der Waals surface area contributed by atoms with Crippen LogP contribution in [0.4, 0.5) is 5.69 Å². The van der Waals surface area contributed by atoms with Crippen LogP contribution in [0.1, 0.15) is 15.9 Å². The van der Waals surface area contributed by atoms with E-state index in [1.165, 1.54) is 4.90 Å². The van der Waals surface area contributed by atoms with Crippen LogP contribution in [0.25, 0.3) is 0 Å². The minimum atomic E-state index is -0.323. The van der Waals surface area contributed by atoms with Gasteiger partial charge in [0.25, 0.3) is 11.8 Å². The summed E-state index contributed by atoms with van der Waals surface area (Å²) < 4.78 is 6.50. The summed E-state index contributed by atoms with van der Waals surface area (Å²) in [6.07, 6.45) is 0. The number of ether oxygens (including phenoxy) is 1. The maximum atomic E-state index is 12.1. The van der Waals surface area contributed by atoms with Gasteiger partial charge in [-0.25, -0.2) is 0 Å². The van der Waals surface area contributed by atoms with E-state index in [2.05, 4.69) is 21.2 Å². The van der Waals surface area contributed by atoms with Gasteiger partial charge in [0.1, 0.15) is 5.75 Å². The van der Waals surface area contributed by atoms with Crippen molar-refractivity contribution < 1.29 is 14.3 Å². The first-order valence-electron chi connectivity index (χ1n) is 7.38.